The van der Waals surface area contributed by atoms with Crippen LogP contribution < -0.4 is 15.1 Å². The Morgan fingerprint density at radius 1 is 0.980 bits per heavy atom. The summed E-state index contributed by atoms with van der Waals surface area (Å²) >= 11 is 0. The zero-order valence-corrected chi connectivity index (χ0v) is 26.6. The molecule has 248 valence electrons. The molecule has 3 heterocycles. The molecule has 0 amide bonds. The van der Waals surface area contributed by atoms with Crippen LogP contribution in [0.25, 0.3) is 11.0 Å². The van der Waals surface area contributed by atoms with E-state index in [1.165, 1.54) is 6.20 Å². The highest BCUT2D eigenvalue weighted by Crippen LogP contribution is 2.37. The van der Waals surface area contributed by atoms with Gasteiger partial charge in [0.05, 0.1) is 17.6 Å². The van der Waals surface area contributed by atoms with Crippen molar-refractivity contribution in [1.82, 2.24) is 9.55 Å². The molecule has 2 aromatic heterocycles. The van der Waals surface area contributed by atoms with Crippen molar-refractivity contribution in [3.05, 3.63) is 135 Å². The van der Waals surface area contributed by atoms with Gasteiger partial charge in [0.1, 0.15) is 30.2 Å². The number of carboxylic acids is 1. The molecule has 7 rings (SSSR count). The fraction of sp³-hybridized carbons (Fsp3) is 0.237. The number of benzene rings is 3. The Bertz CT molecular complexity index is 2080. The zero-order valence-electron chi connectivity index (χ0n) is 26.6. The van der Waals surface area contributed by atoms with E-state index in [1.54, 1.807) is 15.7 Å². The fourth-order valence-electron chi connectivity index (χ4n) is 5.87. The smallest absolute Gasteiger partial charge is 0.341 e. The second kappa shape index (κ2) is 14.1. The largest absolute Gasteiger partial charge is 0.489 e. The molecule has 1 N–H and O–H groups in total. The first-order valence-electron chi connectivity index (χ1n) is 16.2. The number of ether oxygens (including phenoxy) is 1. The van der Waals surface area contributed by atoms with E-state index in [0.717, 1.165) is 41.3 Å². The molecule has 2 fully saturated rings. The molecule has 1 saturated carbocycles. The summed E-state index contributed by atoms with van der Waals surface area (Å²) in [6.45, 7) is 1.71. The molecule has 1 aliphatic heterocycles. The highest BCUT2D eigenvalue weighted by Gasteiger charge is 2.34. The Kier molecular flexibility index (Phi) is 9.14. The van der Waals surface area contributed by atoms with Crippen LogP contribution in [0.15, 0.2) is 112 Å². The summed E-state index contributed by atoms with van der Waals surface area (Å²) in [5.74, 6) is -1.43. The standard InChI is InChI=1S/C38H34FN5O5/c39-33-17-31-35(45)32(38(46)47)21-44(29-13-14-29)36(31)41-37(33)43-20-28(19-40-18-25-7-3-1-4-8-25)34(22-43)42-49-24-27-11-15-30(16-12-27)48-23-26-9-5-2-6-10-26/h1-12,15-18,21,28-29H,13-14,19-20,22-24H2,(H,46,47)/b40-18?,42-34+. The Morgan fingerprint density at radius 3 is 2.41 bits per heavy atom. The third-order valence-electron chi connectivity index (χ3n) is 8.62. The van der Waals surface area contributed by atoms with Crippen LogP contribution in [-0.4, -0.2) is 52.2 Å². The van der Waals surface area contributed by atoms with Crippen LogP contribution in [-0.2, 0) is 18.1 Å². The second-order valence-corrected chi connectivity index (χ2v) is 12.2. The van der Waals surface area contributed by atoms with Gasteiger partial charge in [0.25, 0.3) is 0 Å². The van der Waals surface area contributed by atoms with Crippen LogP contribution in [0.1, 0.15) is 45.9 Å². The van der Waals surface area contributed by atoms with Crippen molar-refractivity contribution in [1.29, 1.82) is 0 Å². The van der Waals surface area contributed by atoms with Crippen LogP contribution >= 0.6 is 0 Å². The highest BCUT2D eigenvalue weighted by atomic mass is 19.1. The average molecular weight is 660 g/mol. The number of carboxylic acid groups (broad SMARTS) is 1. The van der Waals surface area contributed by atoms with Gasteiger partial charge in [-0.15, -0.1) is 0 Å². The van der Waals surface area contributed by atoms with E-state index in [-0.39, 0.29) is 42.0 Å². The molecule has 49 heavy (non-hydrogen) atoms. The zero-order chi connectivity index (χ0) is 33.7. The molecule has 5 aromatic rings. The second-order valence-electron chi connectivity index (χ2n) is 12.2. The van der Waals surface area contributed by atoms with Gasteiger partial charge in [0.15, 0.2) is 11.6 Å². The van der Waals surface area contributed by atoms with E-state index in [4.69, 9.17) is 9.57 Å². The maximum Gasteiger partial charge on any atom is 0.341 e. The summed E-state index contributed by atoms with van der Waals surface area (Å²) in [6, 6.07) is 28.4. The molecule has 0 bridgehead atoms. The average Bonchev–Trinajstić information content (AvgIpc) is 3.89. The number of oxime groups is 1. The molecule has 2 aliphatic rings. The Hall–Kier alpha value is -5.84. The number of aliphatic imine (C=N–C) groups is 1. The molecule has 0 radical (unpaired) electrons. The third kappa shape index (κ3) is 7.35. The molecular weight excluding hydrogens is 625 g/mol. The number of pyridine rings is 2. The maximum atomic E-state index is 15.7. The van der Waals surface area contributed by atoms with Gasteiger partial charge in [-0.2, -0.15) is 0 Å². The molecule has 10 nitrogen and oxygen atoms in total. The van der Waals surface area contributed by atoms with Crippen molar-refractivity contribution in [2.75, 3.05) is 24.5 Å². The number of aromatic carboxylic acids is 1. The minimum Gasteiger partial charge on any atom is -0.489 e. The fourth-order valence-corrected chi connectivity index (χ4v) is 5.87. The highest BCUT2D eigenvalue weighted by molar-refractivity contribution is 5.95. The lowest BCUT2D eigenvalue weighted by Gasteiger charge is -2.19. The monoisotopic (exact) mass is 659 g/mol. The molecule has 1 atom stereocenters. The van der Waals surface area contributed by atoms with E-state index in [0.29, 0.717) is 25.4 Å². The quantitative estimate of drug-likeness (QED) is 0.124. The van der Waals surface area contributed by atoms with Crippen LogP contribution in [0, 0.1) is 11.7 Å². The van der Waals surface area contributed by atoms with Crippen molar-refractivity contribution >= 4 is 34.7 Å². The Morgan fingerprint density at radius 2 is 1.69 bits per heavy atom. The third-order valence-corrected chi connectivity index (χ3v) is 8.62. The first-order chi connectivity index (χ1) is 23.9. The number of anilines is 1. The minimum absolute atomic E-state index is 0.0145. The number of fused-ring (bicyclic) bond motifs is 1. The van der Waals surface area contributed by atoms with Gasteiger partial charge < -0.3 is 24.1 Å². The molecule has 11 heteroatoms. The van der Waals surface area contributed by atoms with Gasteiger partial charge in [-0.05, 0) is 47.7 Å². The van der Waals surface area contributed by atoms with Gasteiger partial charge in [0, 0.05) is 37.5 Å². The van der Waals surface area contributed by atoms with Gasteiger partial charge >= 0.3 is 5.97 Å². The van der Waals surface area contributed by atoms with Crippen molar-refractivity contribution in [2.24, 2.45) is 16.1 Å². The van der Waals surface area contributed by atoms with Crippen molar-refractivity contribution in [3.63, 3.8) is 0 Å². The van der Waals surface area contributed by atoms with Crippen molar-refractivity contribution < 1.29 is 23.9 Å². The molecule has 3 aromatic carbocycles. The lowest BCUT2D eigenvalue weighted by Crippen LogP contribution is -2.25. The van der Waals surface area contributed by atoms with Gasteiger partial charge in [-0.25, -0.2) is 14.2 Å². The Balaban J connectivity index is 1.10. The number of rotatable bonds is 12. The first-order valence-corrected chi connectivity index (χ1v) is 16.2. The van der Waals surface area contributed by atoms with E-state index in [2.05, 4.69) is 15.1 Å². The number of hydrogen-bond acceptors (Lipinski definition) is 8. The topological polar surface area (TPSA) is 119 Å². The minimum atomic E-state index is -1.35. The van der Waals surface area contributed by atoms with E-state index in [1.807, 2.05) is 84.9 Å². The molecule has 1 unspecified atom stereocenters. The molecule has 1 saturated heterocycles. The van der Waals surface area contributed by atoms with Crippen molar-refractivity contribution in [3.8, 4) is 5.75 Å². The van der Waals surface area contributed by atoms with Crippen molar-refractivity contribution in [2.45, 2.75) is 32.1 Å². The summed E-state index contributed by atoms with van der Waals surface area (Å²) in [4.78, 5) is 41.6. The number of halogens is 1. The predicted octanol–water partition coefficient (Wildman–Crippen LogP) is 6.28. The molecule has 0 spiro atoms. The normalized spacial score (nSPS) is 16.9. The molecular formula is C38H34FN5O5. The van der Waals surface area contributed by atoms with Crippen LogP contribution in [0.3, 0.4) is 0 Å². The summed E-state index contributed by atoms with van der Waals surface area (Å²) in [7, 11) is 0. The van der Waals surface area contributed by atoms with E-state index in [9.17, 15) is 14.7 Å². The summed E-state index contributed by atoms with van der Waals surface area (Å²) in [5, 5.41) is 14.0. The van der Waals surface area contributed by atoms with Gasteiger partial charge in [0.2, 0.25) is 5.43 Å². The SMILES string of the molecule is O=C(O)c1cn(C2CC2)c2nc(N3C/C(=N\OCc4ccc(OCc5ccccc5)cc4)C(CN=Cc4ccccc4)C3)c(F)cc2c1=O. The lowest BCUT2D eigenvalue weighted by molar-refractivity contribution is 0.0694. The maximum absolute atomic E-state index is 15.7. The van der Waals surface area contributed by atoms with Crippen LogP contribution in [0.5, 0.6) is 5.75 Å². The van der Waals surface area contributed by atoms with Gasteiger partial charge in [-0.3, -0.25) is 9.79 Å². The summed E-state index contributed by atoms with van der Waals surface area (Å²) in [6.07, 6.45) is 4.78. The number of hydrogen-bond donors (Lipinski definition) is 1. The number of aromatic nitrogens is 2. The summed E-state index contributed by atoms with van der Waals surface area (Å²) < 4.78 is 23.3. The number of nitrogens with zero attached hydrogens (tertiary/aromatic N) is 5. The number of carbonyl (C=O) groups is 1. The predicted molar refractivity (Wildman–Crippen MR) is 185 cm³/mol. The van der Waals surface area contributed by atoms with Gasteiger partial charge in [-0.1, -0.05) is 78.0 Å². The van der Waals surface area contributed by atoms with E-state index < -0.39 is 22.8 Å². The molecule has 1 aliphatic carbocycles. The van der Waals surface area contributed by atoms with E-state index >= 15 is 4.39 Å². The summed E-state index contributed by atoms with van der Waals surface area (Å²) in [5.41, 5.74) is 2.77. The van der Waals surface area contributed by atoms with Crippen LogP contribution in [0.2, 0.25) is 0 Å². The Labute approximate surface area is 281 Å². The first kappa shape index (κ1) is 31.7. The lowest BCUT2D eigenvalue weighted by atomic mass is 10.1. The van der Waals surface area contributed by atoms with Crippen LogP contribution in [0.4, 0.5) is 10.2 Å².